The third kappa shape index (κ3) is 3.16. The molecule has 0 unspecified atom stereocenters. The monoisotopic (exact) mass is 316 g/mol. The minimum Gasteiger partial charge on any atom is -0.469 e. The van der Waals surface area contributed by atoms with E-state index in [4.69, 9.17) is 23.2 Å². The summed E-state index contributed by atoms with van der Waals surface area (Å²) in [6.07, 6.45) is 0.794. The Labute approximate surface area is 126 Å². The van der Waals surface area contributed by atoms with Crippen molar-refractivity contribution in [3.05, 3.63) is 22.2 Å². The lowest BCUT2D eigenvalue weighted by Gasteiger charge is -2.30. The van der Waals surface area contributed by atoms with Gasteiger partial charge in [-0.3, -0.25) is 9.59 Å². The summed E-state index contributed by atoms with van der Waals surface area (Å²) in [4.78, 5) is 24.7. The van der Waals surface area contributed by atoms with Gasteiger partial charge in [0.05, 0.1) is 35.1 Å². The van der Waals surface area contributed by atoms with Crippen LogP contribution in [0.4, 0.5) is 11.4 Å². The van der Waals surface area contributed by atoms with Crippen molar-refractivity contribution in [1.29, 1.82) is 0 Å². The Morgan fingerprint density at radius 1 is 1.40 bits per heavy atom. The minimum atomic E-state index is -0.290. The van der Waals surface area contributed by atoms with E-state index in [1.54, 1.807) is 17.0 Å². The maximum absolute atomic E-state index is 12.0. The van der Waals surface area contributed by atoms with Crippen LogP contribution in [-0.2, 0) is 14.3 Å². The smallest absolute Gasteiger partial charge is 0.305 e. The largest absolute Gasteiger partial charge is 0.469 e. The number of amides is 1. The van der Waals surface area contributed by atoms with E-state index in [2.05, 4.69) is 10.1 Å². The van der Waals surface area contributed by atoms with E-state index in [-0.39, 0.29) is 24.8 Å². The topological polar surface area (TPSA) is 58.6 Å². The molecule has 0 fully saturated rings. The number of esters is 1. The summed E-state index contributed by atoms with van der Waals surface area (Å²) in [6.45, 7) is 0.629. The van der Waals surface area contributed by atoms with Crippen LogP contribution < -0.4 is 10.2 Å². The molecule has 108 valence electrons. The minimum absolute atomic E-state index is 0.0687. The van der Waals surface area contributed by atoms with Crippen LogP contribution >= 0.6 is 23.2 Å². The Morgan fingerprint density at radius 3 is 2.80 bits per heavy atom. The Morgan fingerprint density at radius 2 is 2.10 bits per heavy atom. The van der Waals surface area contributed by atoms with Crippen LogP contribution in [0.25, 0.3) is 0 Å². The highest BCUT2D eigenvalue weighted by molar-refractivity contribution is 6.42. The Hall–Kier alpha value is -1.46. The van der Waals surface area contributed by atoms with Crippen LogP contribution in [-0.4, -0.2) is 32.1 Å². The fourth-order valence-electron chi connectivity index (χ4n) is 2.03. The van der Waals surface area contributed by atoms with Gasteiger partial charge in [-0.25, -0.2) is 0 Å². The van der Waals surface area contributed by atoms with Gasteiger partial charge in [-0.15, -0.1) is 0 Å². The molecule has 1 N–H and O–H groups in total. The number of carbonyl (C=O) groups is 2. The molecule has 5 nitrogen and oxygen atoms in total. The van der Waals surface area contributed by atoms with E-state index in [9.17, 15) is 9.59 Å². The SMILES string of the molecule is COC(=O)CCCN1C(=O)CNc2cc(Cl)c(Cl)cc21. The predicted molar refractivity (Wildman–Crippen MR) is 78.6 cm³/mol. The van der Waals surface area contributed by atoms with Gasteiger partial charge in [0.25, 0.3) is 0 Å². The molecule has 1 heterocycles. The molecule has 1 aromatic carbocycles. The van der Waals surface area contributed by atoms with Gasteiger partial charge in [0.15, 0.2) is 0 Å². The van der Waals surface area contributed by atoms with Crippen LogP contribution in [0.1, 0.15) is 12.8 Å². The number of fused-ring (bicyclic) bond motifs is 1. The zero-order chi connectivity index (χ0) is 14.7. The van der Waals surface area contributed by atoms with E-state index >= 15 is 0 Å². The summed E-state index contributed by atoms with van der Waals surface area (Å²) in [6, 6.07) is 3.35. The number of carbonyl (C=O) groups excluding carboxylic acids is 2. The first-order chi connectivity index (χ1) is 9.52. The van der Waals surface area contributed by atoms with Gasteiger partial charge >= 0.3 is 5.97 Å². The highest BCUT2D eigenvalue weighted by Gasteiger charge is 2.24. The molecule has 0 bridgehead atoms. The summed E-state index contributed by atoms with van der Waals surface area (Å²) < 4.78 is 4.58. The summed E-state index contributed by atoms with van der Waals surface area (Å²) in [5.74, 6) is -0.359. The lowest BCUT2D eigenvalue weighted by atomic mass is 10.1. The van der Waals surface area contributed by atoms with Crippen molar-refractivity contribution in [2.75, 3.05) is 30.4 Å². The fraction of sp³-hybridized carbons (Fsp3) is 0.385. The van der Waals surface area contributed by atoms with Crippen LogP contribution in [0.5, 0.6) is 0 Å². The number of halogens is 2. The molecule has 0 atom stereocenters. The lowest BCUT2D eigenvalue weighted by molar-refractivity contribution is -0.140. The summed E-state index contributed by atoms with van der Waals surface area (Å²) in [7, 11) is 1.34. The average molecular weight is 317 g/mol. The summed E-state index contributed by atoms with van der Waals surface area (Å²) in [5, 5.41) is 3.82. The molecule has 1 amide bonds. The zero-order valence-corrected chi connectivity index (χ0v) is 12.4. The second kappa shape index (κ2) is 6.33. The second-order valence-electron chi connectivity index (χ2n) is 4.36. The molecule has 0 aliphatic carbocycles. The van der Waals surface area contributed by atoms with Crippen LogP contribution in [0.3, 0.4) is 0 Å². The molecule has 1 aliphatic rings. The first kappa shape index (κ1) is 14.9. The average Bonchev–Trinajstić information content (AvgIpc) is 2.43. The third-order valence-electron chi connectivity index (χ3n) is 3.05. The normalized spacial score (nSPS) is 13.8. The third-order valence-corrected chi connectivity index (χ3v) is 3.77. The quantitative estimate of drug-likeness (QED) is 0.868. The van der Waals surface area contributed by atoms with Crippen molar-refractivity contribution >= 4 is 46.5 Å². The zero-order valence-electron chi connectivity index (χ0n) is 10.9. The highest BCUT2D eigenvalue weighted by Crippen LogP contribution is 2.36. The van der Waals surface area contributed by atoms with E-state index < -0.39 is 0 Å². The fourth-order valence-corrected chi connectivity index (χ4v) is 2.35. The standard InChI is InChI=1S/C13H14Cl2N2O3/c1-20-13(19)3-2-4-17-11-6-9(15)8(14)5-10(11)16-7-12(17)18/h5-6,16H,2-4,7H2,1H3. The number of rotatable bonds is 4. The van der Waals surface area contributed by atoms with Gasteiger partial charge in [-0.1, -0.05) is 23.2 Å². The molecule has 7 heteroatoms. The molecule has 0 saturated heterocycles. The molecule has 20 heavy (non-hydrogen) atoms. The highest BCUT2D eigenvalue weighted by atomic mass is 35.5. The maximum atomic E-state index is 12.0. The van der Waals surface area contributed by atoms with E-state index in [1.807, 2.05) is 0 Å². The number of hydrogen-bond acceptors (Lipinski definition) is 4. The molecular formula is C13H14Cl2N2O3. The molecule has 0 saturated carbocycles. The van der Waals surface area contributed by atoms with Gasteiger partial charge in [0.2, 0.25) is 5.91 Å². The molecular weight excluding hydrogens is 303 g/mol. The van der Waals surface area contributed by atoms with Crippen molar-refractivity contribution in [3.63, 3.8) is 0 Å². The van der Waals surface area contributed by atoms with Gasteiger partial charge in [-0.2, -0.15) is 0 Å². The van der Waals surface area contributed by atoms with Crippen molar-refractivity contribution in [1.82, 2.24) is 0 Å². The summed E-state index contributed by atoms with van der Waals surface area (Å²) >= 11 is 12.0. The predicted octanol–water partition coefficient (Wildman–Crippen LogP) is 2.71. The first-order valence-electron chi connectivity index (χ1n) is 6.13. The van der Waals surface area contributed by atoms with Gasteiger partial charge in [0, 0.05) is 13.0 Å². The molecule has 0 radical (unpaired) electrons. The number of anilines is 2. The first-order valence-corrected chi connectivity index (χ1v) is 6.88. The number of methoxy groups -OCH3 is 1. The van der Waals surface area contributed by atoms with Crippen molar-refractivity contribution in [2.24, 2.45) is 0 Å². The Balaban J connectivity index is 2.15. The van der Waals surface area contributed by atoms with Crippen molar-refractivity contribution in [3.8, 4) is 0 Å². The number of benzene rings is 1. The molecule has 0 aromatic heterocycles. The van der Waals surface area contributed by atoms with E-state index in [0.29, 0.717) is 28.7 Å². The molecule has 2 rings (SSSR count). The number of nitrogens with one attached hydrogen (secondary N) is 1. The van der Waals surface area contributed by atoms with E-state index in [0.717, 1.165) is 5.69 Å². The van der Waals surface area contributed by atoms with Crippen LogP contribution in [0.15, 0.2) is 12.1 Å². The number of hydrogen-bond donors (Lipinski definition) is 1. The molecule has 1 aromatic rings. The van der Waals surface area contributed by atoms with Crippen molar-refractivity contribution < 1.29 is 14.3 Å². The molecule has 0 spiro atoms. The number of nitrogens with zero attached hydrogens (tertiary/aromatic N) is 1. The number of ether oxygens (including phenoxy) is 1. The second-order valence-corrected chi connectivity index (χ2v) is 5.18. The Kier molecular flexibility index (Phi) is 4.73. The van der Waals surface area contributed by atoms with Gasteiger partial charge < -0.3 is 15.0 Å². The van der Waals surface area contributed by atoms with E-state index in [1.165, 1.54) is 7.11 Å². The Bertz CT molecular complexity index is 549. The molecule has 1 aliphatic heterocycles. The van der Waals surface area contributed by atoms with Gasteiger partial charge in [0.1, 0.15) is 0 Å². The van der Waals surface area contributed by atoms with Gasteiger partial charge in [-0.05, 0) is 18.6 Å². The van der Waals surface area contributed by atoms with Crippen LogP contribution in [0, 0.1) is 0 Å². The lowest BCUT2D eigenvalue weighted by Crippen LogP contribution is -2.40. The summed E-state index contributed by atoms with van der Waals surface area (Å²) in [5.41, 5.74) is 1.44. The maximum Gasteiger partial charge on any atom is 0.305 e. The van der Waals surface area contributed by atoms with Crippen LogP contribution in [0.2, 0.25) is 10.0 Å². The van der Waals surface area contributed by atoms with Crippen molar-refractivity contribution in [2.45, 2.75) is 12.8 Å².